The fourth-order valence-electron chi connectivity index (χ4n) is 4.83. The maximum Gasteiger partial charge on any atom is 0.159 e. The number of rotatable bonds is 5. The molecule has 0 bridgehead atoms. The zero-order valence-corrected chi connectivity index (χ0v) is 19.2. The van der Waals surface area contributed by atoms with Gasteiger partial charge in [-0.25, -0.2) is 13.8 Å². The van der Waals surface area contributed by atoms with Gasteiger partial charge in [-0.2, -0.15) is 0 Å². The van der Waals surface area contributed by atoms with Gasteiger partial charge in [-0.1, -0.05) is 30.3 Å². The van der Waals surface area contributed by atoms with E-state index in [0.29, 0.717) is 11.3 Å². The number of hydrogen-bond acceptors (Lipinski definition) is 3. The molecule has 0 atom stereocenters. The highest BCUT2D eigenvalue weighted by Crippen LogP contribution is 2.34. The summed E-state index contributed by atoms with van der Waals surface area (Å²) in [6.07, 6.45) is 6.27. The van der Waals surface area contributed by atoms with Crippen LogP contribution in [0.1, 0.15) is 18.4 Å². The SMILES string of the molecule is Fc1ccc(-c2nc3ccccn3c2-c2ccnc(-c3ccc(CN4CCCC4)cc3)c2)cc1F. The molecule has 4 nitrogen and oxygen atoms in total. The Morgan fingerprint density at radius 1 is 0.771 bits per heavy atom. The lowest BCUT2D eigenvalue weighted by Gasteiger charge is -2.14. The van der Waals surface area contributed by atoms with Crippen molar-refractivity contribution in [2.24, 2.45) is 0 Å². The van der Waals surface area contributed by atoms with Crippen LogP contribution in [0.4, 0.5) is 8.78 Å². The minimum absolute atomic E-state index is 0.521. The smallest absolute Gasteiger partial charge is 0.159 e. The Balaban J connectivity index is 1.40. The molecule has 1 aliphatic rings. The molecule has 1 saturated heterocycles. The van der Waals surface area contributed by atoms with Crippen LogP contribution in [0, 0.1) is 11.6 Å². The number of aromatic nitrogens is 3. The van der Waals surface area contributed by atoms with E-state index < -0.39 is 11.6 Å². The van der Waals surface area contributed by atoms with Crippen molar-refractivity contribution in [3.63, 3.8) is 0 Å². The second kappa shape index (κ2) is 9.04. The molecule has 3 aromatic heterocycles. The molecular weight excluding hydrogens is 442 g/mol. The topological polar surface area (TPSA) is 33.4 Å². The van der Waals surface area contributed by atoms with Crippen LogP contribution >= 0.6 is 0 Å². The fraction of sp³-hybridized carbons (Fsp3) is 0.172. The van der Waals surface area contributed by atoms with Crippen molar-refractivity contribution in [3.05, 3.63) is 102 Å². The summed E-state index contributed by atoms with van der Waals surface area (Å²) in [5.41, 5.74) is 6.72. The van der Waals surface area contributed by atoms with Crippen LogP contribution in [0.25, 0.3) is 39.4 Å². The Kier molecular flexibility index (Phi) is 5.58. The zero-order chi connectivity index (χ0) is 23.8. The molecule has 1 aliphatic heterocycles. The molecule has 0 spiro atoms. The van der Waals surface area contributed by atoms with Gasteiger partial charge in [0.2, 0.25) is 0 Å². The van der Waals surface area contributed by atoms with Crippen molar-refractivity contribution in [3.8, 4) is 33.8 Å². The molecule has 5 aromatic rings. The van der Waals surface area contributed by atoms with Gasteiger partial charge in [0, 0.05) is 35.6 Å². The summed E-state index contributed by atoms with van der Waals surface area (Å²) in [6, 6.07) is 22.1. The predicted molar refractivity (Wildman–Crippen MR) is 134 cm³/mol. The molecular formula is C29H24F2N4. The van der Waals surface area contributed by atoms with Crippen molar-refractivity contribution in [2.75, 3.05) is 13.1 Å². The highest BCUT2D eigenvalue weighted by atomic mass is 19.2. The molecule has 0 unspecified atom stereocenters. The van der Waals surface area contributed by atoms with Gasteiger partial charge in [-0.3, -0.25) is 14.3 Å². The summed E-state index contributed by atoms with van der Waals surface area (Å²) in [4.78, 5) is 11.8. The van der Waals surface area contributed by atoms with Gasteiger partial charge in [0.05, 0.1) is 17.1 Å². The van der Waals surface area contributed by atoms with Crippen LogP contribution in [0.15, 0.2) is 85.2 Å². The van der Waals surface area contributed by atoms with Crippen LogP contribution < -0.4 is 0 Å². The molecule has 0 N–H and O–H groups in total. The minimum atomic E-state index is -0.894. The van der Waals surface area contributed by atoms with E-state index in [2.05, 4.69) is 34.1 Å². The lowest BCUT2D eigenvalue weighted by atomic mass is 10.0. The number of likely N-dealkylation sites (tertiary alicyclic amines) is 1. The van der Waals surface area contributed by atoms with Crippen LogP contribution in [0.5, 0.6) is 0 Å². The van der Waals surface area contributed by atoms with E-state index >= 15 is 0 Å². The van der Waals surface area contributed by atoms with E-state index in [1.807, 2.05) is 40.9 Å². The summed E-state index contributed by atoms with van der Waals surface area (Å²) in [7, 11) is 0. The predicted octanol–water partition coefficient (Wildman–Crippen LogP) is 6.60. The monoisotopic (exact) mass is 466 g/mol. The largest absolute Gasteiger partial charge is 0.299 e. The lowest BCUT2D eigenvalue weighted by Crippen LogP contribution is -2.18. The van der Waals surface area contributed by atoms with E-state index in [-0.39, 0.29) is 0 Å². The van der Waals surface area contributed by atoms with Gasteiger partial charge >= 0.3 is 0 Å². The Bertz CT molecular complexity index is 1500. The molecule has 35 heavy (non-hydrogen) atoms. The molecule has 1 fully saturated rings. The number of halogens is 2. The Labute approximate surface area is 202 Å². The fourth-order valence-corrected chi connectivity index (χ4v) is 4.83. The van der Waals surface area contributed by atoms with Crippen molar-refractivity contribution >= 4 is 5.65 Å². The first-order chi connectivity index (χ1) is 17.2. The van der Waals surface area contributed by atoms with Crippen molar-refractivity contribution in [1.29, 1.82) is 0 Å². The second-order valence-corrected chi connectivity index (χ2v) is 8.98. The maximum atomic E-state index is 14.1. The van der Waals surface area contributed by atoms with E-state index in [1.54, 1.807) is 12.3 Å². The average molecular weight is 467 g/mol. The number of fused-ring (bicyclic) bond motifs is 1. The van der Waals surface area contributed by atoms with Gasteiger partial charge in [0.1, 0.15) is 5.65 Å². The molecule has 6 heteroatoms. The first-order valence-corrected chi connectivity index (χ1v) is 11.9. The number of pyridine rings is 2. The molecule has 0 aliphatic carbocycles. The van der Waals surface area contributed by atoms with Crippen molar-refractivity contribution < 1.29 is 8.78 Å². The quantitative estimate of drug-likeness (QED) is 0.292. The third kappa shape index (κ3) is 4.21. The van der Waals surface area contributed by atoms with E-state index in [0.717, 1.165) is 40.8 Å². The van der Waals surface area contributed by atoms with E-state index in [1.165, 1.54) is 37.6 Å². The van der Waals surface area contributed by atoms with Crippen LogP contribution in [-0.4, -0.2) is 32.4 Å². The normalized spacial score (nSPS) is 14.1. The minimum Gasteiger partial charge on any atom is -0.299 e. The van der Waals surface area contributed by atoms with E-state index in [4.69, 9.17) is 4.98 Å². The maximum absolute atomic E-state index is 14.1. The first kappa shape index (κ1) is 21.6. The highest BCUT2D eigenvalue weighted by molar-refractivity contribution is 5.83. The number of benzene rings is 2. The summed E-state index contributed by atoms with van der Waals surface area (Å²) in [5.74, 6) is -1.77. The molecule has 6 rings (SSSR count). The lowest BCUT2D eigenvalue weighted by molar-refractivity contribution is 0.331. The third-order valence-electron chi connectivity index (χ3n) is 6.61. The standard InChI is InChI=1S/C29H24F2N4/c30-24-11-10-22(17-25(24)31)28-29(35-16-2-1-5-27(35)33-28)23-12-13-32-26(18-23)21-8-6-20(7-9-21)19-34-14-3-4-15-34/h1-2,5-13,16-18H,3-4,14-15,19H2. The van der Waals surface area contributed by atoms with Crippen LogP contribution in [0.3, 0.4) is 0 Å². The molecule has 0 saturated carbocycles. The second-order valence-electron chi connectivity index (χ2n) is 8.98. The summed E-state index contributed by atoms with van der Waals surface area (Å²) in [6.45, 7) is 3.32. The molecule has 4 heterocycles. The van der Waals surface area contributed by atoms with E-state index in [9.17, 15) is 8.78 Å². The van der Waals surface area contributed by atoms with Crippen LogP contribution in [0.2, 0.25) is 0 Å². The van der Waals surface area contributed by atoms with Crippen molar-refractivity contribution in [1.82, 2.24) is 19.3 Å². The van der Waals surface area contributed by atoms with Gasteiger partial charge in [0.15, 0.2) is 11.6 Å². The summed E-state index contributed by atoms with van der Waals surface area (Å²) < 4.78 is 29.7. The number of nitrogens with zero attached hydrogens (tertiary/aromatic N) is 4. The Hall–Kier alpha value is -3.90. The van der Waals surface area contributed by atoms with Gasteiger partial charge in [0.25, 0.3) is 0 Å². The Morgan fingerprint density at radius 2 is 1.57 bits per heavy atom. The number of hydrogen-bond donors (Lipinski definition) is 0. The van der Waals surface area contributed by atoms with Gasteiger partial charge in [-0.15, -0.1) is 0 Å². The van der Waals surface area contributed by atoms with Crippen molar-refractivity contribution in [2.45, 2.75) is 19.4 Å². The van der Waals surface area contributed by atoms with Gasteiger partial charge < -0.3 is 0 Å². The summed E-state index contributed by atoms with van der Waals surface area (Å²) >= 11 is 0. The third-order valence-corrected chi connectivity index (χ3v) is 6.61. The zero-order valence-electron chi connectivity index (χ0n) is 19.2. The highest BCUT2D eigenvalue weighted by Gasteiger charge is 2.18. The molecule has 0 amide bonds. The molecule has 2 aromatic carbocycles. The van der Waals surface area contributed by atoms with Crippen LogP contribution in [-0.2, 0) is 6.54 Å². The molecule has 174 valence electrons. The van der Waals surface area contributed by atoms with Gasteiger partial charge in [-0.05, 0) is 74.0 Å². The summed E-state index contributed by atoms with van der Waals surface area (Å²) in [5, 5.41) is 0. The average Bonchev–Trinajstić information content (AvgIpc) is 3.54. The Morgan fingerprint density at radius 3 is 2.37 bits per heavy atom. The molecule has 0 radical (unpaired) electrons. The first-order valence-electron chi connectivity index (χ1n) is 11.9. The number of imidazole rings is 1.